The van der Waals surface area contributed by atoms with Gasteiger partial charge in [0.25, 0.3) is 0 Å². The number of amides is 1. The Balaban J connectivity index is 1.49. The molecular formula is C22H27N3O5S2. The Hall–Kier alpha value is -2.43. The molecule has 0 bridgehead atoms. The fourth-order valence-electron chi connectivity index (χ4n) is 3.99. The fourth-order valence-corrected chi connectivity index (χ4v) is 6.47. The monoisotopic (exact) mass is 477 g/mol. The van der Waals surface area contributed by atoms with Gasteiger partial charge in [0.15, 0.2) is 5.58 Å². The highest BCUT2D eigenvalue weighted by atomic mass is 32.2. The molecule has 0 unspecified atom stereocenters. The maximum atomic E-state index is 12.8. The van der Waals surface area contributed by atoms with Crippen molar-refractivity contribution in [3.05, 3.63) is 51.1 Å². The zero-order valence-corrected chi connectivity index (χ0v) is 19.7. The lowest BCUT2D eigenvalue weighted by atomic mass is 10.0. The van der Waals surface area contributed by atoms with Crippen LogP contribution in [0.3, 0.4) is 0 Å². The lowest BCUT2D eigenvalue weighted by Crippen LogP contribution is -2.32. The molecule has 0 radical (unpaired) electrons. The molecule has 0 aliphatic carbocycles. The molecule has 3 aromatic rings. The molecule has 8 nitrogen and oxygen atoms in total. The normalized spacial score (nSPS) is 16.1. The second kappa shape index (κ2) is 9.21. The molecule has 172 valence electrons. The molecule has 4 rings (SSSR count). The number of hydrogen-bond acceptors (Lipinski definition) is 6. The van der Waals surface area contributed by atoms with Crippen molar-refractivity contribution in [2.45, 2.75) is 50.6 Å². The van der Waals surface area contributed by atoms with Crippen molar-refractivity contribution in [2.75, 3.05) is 13.1 Å². The molecule has 2 aromatic heterocycles. The van der Waals surface area contributed by atoms with Crippen molar-refractivity contribution >= 4 is 38.4 Å². The molecule has 32 heavy (non-hydrogen) atoms. The zero-order chi connectivity index (χ0) is 22.9. The minimum absolute atomic E-state index is 0.0846. The second-order valence-electron chi connectivity index (χ2n) is 8.31. The fraction of sp³-hybridized carbons (Fsp3) is 0.455. The van der Waals surface area contributed by atoms with E-state index in [1.54, 1.807) is 17.4 Å². The molecule has 1 saturated heterocycles. The summed E-state index contributed by atoms with van der Waals surface area (Å²) in [6.45, 7) is 5.25. The van der Waals surface area contributed by atoms with Gasteiger partial charge in [0, 0.05) is 37.0 Å². The van der Waals surface area contributed by atoms with E-state index in [1.807, 2.05) is 31.4 Å². The number of benzene rings is 1. The van der Waals surface area contributed by atoms with E-state index in [1.165, 1.54) is 21.0 Å². The van der Waals surface area contributed by atoms with Crippen molar-refractivity contribution in [2.24, 2.45) is 5.92 Å². The van der Waals surface area contributed by atoms with Gasteiger partial charge >= 0.3 is 5.76 Å². The number of carbonyl (C=O) groups excluding carboxylic acids is 1. The van der Waals surface area contributed by atoms with E-state index >= 15 is 0 Å². The van der Waals surface area contributed by atoms with Crippen LogP contribution in [-0.4, -0.2) is 36.3 Å². The first kappa shape index (κ1) is 22.8. The third-order valence-electron chi connectivity index (χ3n) is 5.74. The van der Waals surface area contributed by atoms with Crippen LogP contribution in [0.1, 0.15) is 44.0 Å². The summed E-state index contributed by atoms with van der Waals surface area (Å²) in [5.41, 5.74) is 0.677. The van der Waals surface area contributed by atoms with E-state index in [0.717, 1.165) is 17.7 Å². The Morgan fingerprint density at radius 1 is 1.22 bits per heavy atom. The molecule has 1 aromatic carbocycles. The van der Waals surface area contributed by atoms with Crippen LogP contribution in [0, 0.1) is 5.92 Å². The van der Waals surface area contributed by atoms with Crippen molar-refractivity contribution in [1.29, 1.82) is 0 Å². The molecule has 1 aliphatic rings. The molecule has 0 spiro atoms. The van der Waals surface area contributed by atoms with Crippen LogP contribution in [0.4, 0.5) is 0 Å². The third kappa shape index (κ3) is 4.53. The lowest BCUT2D eigenvalue weighted by molar-refractivity contribution is -0.122. The number of thiophene rings is 1. The number of nitrogens with one attached hydrogen (secondary N) is 1. The van der Waals surface area contributed by atoms with Crippen LogP contribution in [-0.2, 0) is 21.4 Å². The number of nitrogens with zero attached hydrogens (tertiary/aromatic N) is 2. The van der Waals surface area contributed by atoms with Crippen molar-refractivity contribution in [1.82, 2.24) is 14.2 Å². The quantitative estimate of drug-likeness (QED) is 0.536. The van der Waals surface area contributed by atoms with E-state index in [0.29, 0.717) is 18.6 Å². The predicted octanol–water partition coefficient (Wildman–Crippen LogP) is 3.34. The number of sulfonamides is 1. The third-order valence-corrected chi connectivity index (χ3v) is 8.59. The number of hydrogen-bond donors (Lipinski definition) is 1. The summed E-state index contributed by atoms with van der Waals surface area (Å²) in [4.78, 5) is 26.2. The molecular weight excluding hydrogens is 450 g/mol. The van der Waals surface area contributed by atoms with Crippen molar-refractivity contribution < 1.29 is 17.6 Å². The minimum atomic E-state index is -3.60. The summed E-state index contributed by atoms with van der Waals surface area (Å²) < 4.78 is 33.7. The molecule has 10 heteroatoms. The van der Waals surface area contributed by atoms with E-state index in [2.05, 4.69) is 5.32 Å². The maximum Gasteiger partial charge on any atom is 0.419 e. The second-order valence-corrected chi connectivity index (χ2v) is 11.2. The van der Waals surface area contributed by atoms with Gasteiger partial charge < -0.3 is 9.73 Å². The Morgan fingerprint density at radius 2 is 1.97 bits per heavy atom. The number of carbonyl (C=O) groups is 1. The number of rotatable bonds is 8. The lowest BCUT2D eigenvalue weighted by Gasteiger charge is -2.21. The van der Waals surface area contributed by atoms with E-state index in [9.17, 15) is 18.0 Å². The first-order valence-corrected chi connectivity index (χ1v) is 13.1. The van der Waals surface area contributed by atoms with Gasteiger partial charge in [-0.15, -0.1) is 11.3 Å². The topological polar surface area (TPSA) is 102 Å². The zero-order valence-electron chi connectivity index (χ0n) is 18.1. The predicted molar refractivity (Wildman–Crippen MR) is 123 cm³/mol. The van der Waals surface area contributed by atoms with E-state index in [-0.39, 0.29) is 41.3 Å². The Bertz CT molecular complexity index is 1250. The Morgan fingerprint density at radius 3 is 2.62 bits per heavy atom. The molecule has 1 aliphatic heterocycles. The molecule has 1 fully saturated rings. The summed E-state index contributed by atoms with van der Waals surface area (Å²) in [7, 11) is -3.60. The van der Waals surface area contributed by atoms with Crippen LogP contribution in [0.25, 0.3) is 11.1 Å². The van der Waals surface area contributed by atoms with Crippen LogP contribution >= 0.6 is 11.3 Å². The molecule has 3 heterocycles. The standard InChI is InChI=1S/C22H27N3O5S2/c1-15(2)21(19-6-5-13-31-19)23-20(26)9-12-25-17-8-7-16(14-18(17)30-22(25)27)32(28,29)24-10-3-4-11-24/h5-8,13-15,21H,3-4,9-12H2,1-2H3,(H,23,26)/t21-/m0/s1. The Labute approximate surface area is 190 Å². The summed E-state index contributed by atoms with van der Waals surface area (Å²) in [6, 6.07) is 8.33. The van der Waals surface area contributed by atoms with Gasteiger partial charge in [-0.1, -0.05) is 19.9 Å². The number of oxazole rings is 1. The van der Waals surface area contributed by atoms with Gasteiger partial charge in [-0.2, -0.15) is 4.31 Å². The molecule has 1 atom stereocenters. The largest absolute Gasteiger partial charge is 0.419 e. The van der Waals surface area contributed by atoms with Crippen LogP contribution in [0.15, 0.2) is 49.8 Å². The summed E-state index contributed by atoms with van der Waals surface area (Å²) in [5.74, 6) is -0.542. The SMILES string of the molecule is CC(C)[C@H](NC(=O)CCn1c(=O)oc2cc(S(=O)(=O)N3CCCC3)ccc21)c1cccs1. The summed E-state index contributed by atoms with van der Waals surface area (Å²) >= 11 is 1.60. The van der Waals surface area contributed by atoms with Gasteiger partial charge in [0.2, 0.25) is 15.9 Å². The minimum Gasteiger partial charge on any atom is -0.408 e. The molecule has 1 amide bonds. The summed E-state index contributed by atoms with van der Waals surface area (Å²) in [6.07, 6.45) is 1.80. The van der Waals surface area contributed by atoms with Gasteiger partial charge in [0.1, 0.15) is 0 Å². The Kier molecular flexibility index (Phi) is 6.55. The van der Waals surface area contributed by atoms with E-state index in [4.69, 9.17) is 4.42 Å². The smallest absolute Gasteiger partial charge is 0.408 e. The van der Waals surface area contributed by atoms with Gasteiger partial charge in [-0.25, -0.2) is 13.2 Å². The maximum absolute atomic E-state index is 12.8. The van der Waals surface area contributed by atoms with Gasteiger partial charge in [-0.05, 0) is 42.3 Å². The summed E-state index contributed by atoms with van der Waals surface area (Å²) in [5, 5.41) is 5.03. The van der Waals surface area contributed by atoms with Crippen molar-refractivity contribution in [3.63, 3.8) is 0 Å². The van der Waals surface area contributed by atoms with Crippen molar-refractivity contribution in [3.8, 4) is 0 Å². The van der Waals surface area contributed by atoms with E-state index < -0.39 is 15.8 Å². The first-order chi connectivity index (χ1) is 15.3. The van der Waals surface area contributed by atoms with Gasteiger partial charge in [-0.3, -0.25) is 9.36 Å². The van der Waals surface area contributed by atoms with Gasteiger partial charge in [0.05, 0.1) is 16.5 Å². The highest BCUT2D eigenvalue weighted by molar-refractivity contribution is 7.89. The van der Waals surface area contributed by atoms with Crippen LogP contribution in [0.5, 0.6) is 0 Å². The highest BCUT2D eigenvalue weighted by Gasteiger charge is 2.28. The van der Waals surface area contributed by atoms with Crippen LogP contribution in [0.2, 0.25) is 0 Å². The highest BCUT2D eigenvalue weighted by Crippen LogP contribution is 2.26. The first-order valence-electron chi connectivity index (χ1n) is 10.7. The van der Waals surface area contributed by atoms with Crippen LogP contribution < -0.4 is 11.1 Å². The number of aryl methyl sites for hydroxylation is 1. The molecule has 1 N–H and O–H groups in total. The average Bonchev–Trinajstić information content (AvgIpc) is 3.51. The average molecular weight is 478 g/mol. The molecule has 0 saturated carbocycles. The number of aromatic nitrogens is 1. The number of fused-ring (bicyclic) bond motifs is 1.